The van der Waals surface area contributed by atoms with Gasteiger partial charge in [-0.15, -0.1) is 5.10 Å². The molecule has 9 nitrogen and oxygen atoms in total. The van der Waals surface area contributed by atoms with E-state index in [2.05, 4.69) is 37.5 Å². The maximum atomic E-state index is 13.2. The zero-order valence-corrected chi connectivity index (χ0v) is 18.4. The Hall–Kier alpha value is -3.69. The van der Waals surface area contributed by atoms with Crippen LogP contribution in [-0.2, 0) is 12.8 Å². The third kappa shape index (κ3) is 6.39. The third-order valence-electron chi connectivity index (χ3n) is 4.01. The number of aryl methyl sites for hydroxylation is 2. The van der Waals surface area contributed by atoms with E-state index in [1.165, 1.54) is 17.1 Å². The molecule has 0 N–H and O–H groups in total. The molecule has 4 aromatic rings. The normalized spacial score (nSPS) is 9.87. The van der Waals surface area contributed by atoms with E-state index in [4.69, 9.17) is 4.74 Å². The first-order valence-electron chi connectivity index (χ1n) is 10.1. The Labute approximate surface area is 180 Å². The minimum absolute atomic E-state index is 0.288. The smallest absolute Gasteiger partial charge is 0.235 e. The molecule has 0 unspecified atom stereocenters. The molecule has 0 fully saturated rings. The summed E-state index contributed by atoms with van der Waals surface area (Å²) in [6, 6.07) is 5.49. The highest BCUT2D eigenvalue weighted by Crippen LogP contribution is 2.12. The van der Waals surface area contributed by atoms with Crippen LogP contribution in [0.2, 0.25) is 0 Å². The summed E-state index contributed by atoms with van der Waals surface area (Å²) in [4.78, 5) is 0. The summed E-state index contributed by atoms with van der Waals surface area (Å²) >= 11 is 0. The van der Waals surface area contributed by atoms with Gasteiger partial charge in [0, 0.05) is 12.3 Å². The Morgan fingerprint density at radius 1 is 0.935 bits per heavy atom. The van der Waals surface area contributed by atoms with Crippen LogP contribution in [0.25, 0.3) is 11.4 Å². The average Bonchev–Trinajstić information content (AvgIpc) is 3.48. The standard InChI is InChI=1S/C10H12N4O.C9H9FN4.C2H6/c1-3-8-4-5-14(13-8)9-6-10(15-2)12-11-7-9;1-2-9-8(10)6-14(13-9)7-3-4-11-12-5-7;1-2/h4-7H,3H2,1-2H3;3-6H,2H2,1H3;1-2H3. The molecule has 0 radical (unpaired) electrons. The van der Waals surface area contributed by atoms with Crippen LogP contribution in [0.4, 0.5) is 4.39 Å². The van der Waals surface area contributed by atoms with Crippen LogP contribution in [0.15, 0.2) is 49.2 Å². The minimum Gasteiger partial charge on any atom is -0.480 e. The number of aromatic nitrogens is 8. The van der Waals surface area contributed by atoms with E-state index in [9.17, 15) is 4.39 Å². The Balaban J connectivity index is 0.000000204. The van der Waals surface area contributed by atoms with Crippen LogP contribution in [0.3, 0.4) is 0 Å². The largest absolute Gasteiger partial charge is 0.480 e. The SMILES string of the molecule is CC.CCc1ccn(-c2cnnc(OC)c2)n1.CCc1nn(-c2ccnnc2)cc1F. The van der Waals surface area contributed by atoms with Gasteiger partial charge in [0.05, 0.1) is 54.7 Å². The van der Waals surface area contributed by atoms with Gasteiger partial charge in [0.2, 0.25) is 5.88 Å². The molecule has 31 heavy (non-hydrogen) atoms. The summed E-state index contributed by atoms with van der Waals surface area (Å²) in [5.41, 5.74) is 3.06. The average molecular weight is 427 g/mol. The van der Waals surface area contributed by atoms with E-state index < -0.39 is 0 Å². The van der Waals surface area contributed by atoms with Crippen molar-refractivity contribution >= 4 is 0 Å². The van der Waals surface area contributed by atoms with Gasteiger partial charge >= 0.3 is 0 Å². The number of methoxy groups -OCH3 is 1. The van der Waals surface area contributed by atoms with E-state index in [-0.39, 0.29) is 5.82 Å². The molecule has 0 aliphatic heterocycles. The third-order valence-corrected chi connectivity index (χ3v) is 4.01. The number of rotatable bonds is 5. The van der Waals surface area contributed by atoms with Gasteiger partial charge in [0.1, 0.15) is 0 Å². The summed E-state index contributed by atoms with van der Waals surface area (Å²) in [7, 11) is 1.56. The second-order valence-electron chi connectivity index (χ2n) is 5.88. The van der Waals surface area contributed by atoms with Crippen LogP contribution in [0.1, 0.15) is 39.1 Å². The zero-order valence-electron chi connectivity index (χ0n) is 18.4. The summed E-state index contributed by atoms with van der Waals surface area (Å²) < 4.78 is 21.4. The molecule has 4 heterocycles. The van der Waals surface area contributed by atoms with E-state index in [1.807, 2.05) is 33.0 Å². The fourth-order valence-electron chi connectivity index (χ4n) is 2.44. The summed E-state index contributed by atoms with van der Waals surface area (Å²) in [6.07, 6.45) is 9.46. The monoisotopic (exact) mass is 426 g/mol. The minimum atomic E-state index is -0.288. The summed E-state index contributed by atoms with van der Waals surface area (Å²) in [5.74, 6) is 0.199. The predicted molar refractivity (Wildman–Crippen MR) is 115 cm³/mol. The molecule has 0 aliphatic carbocycles. The number of hydrogen-bond acceptors (Lipinski definition) is 7. The van der Waals surface area contributed by atoms with Gasteiger partial charge in [-0.3, -0.25) is 0 Å². The van der Waals surface area contributed by atoms with E-state index in [0.717, 1.165) is 17.8 Å². The van der Waals surface area contributed by atoms with Crippen LogP contribution in [-0.4, -0.2) is 47.1 Å². The first kappa shape index (κ1) is 23.6. The molecule has 0 bridgehead atoms. The number of halogens is 1. The highest BCUT2D eigenvalue weighted by atomic mass is 19.1. The molecule has 0 amide bonds. The topological polar surface area (TPSA) is 96.4 Å². The van der Waals surface area contributed by atoms with Crippen molar-refractivity contribution < 1.29 is 9.13 Å². The lowest BCUT2D eigenvalue weighted by Crippen LogP contribution is -1.99. The molecular weight excluding hydrogens is 399 g/mol. The van der Waals surface area contributed by atoms with E-state index in [1.54, 1.807) is 36.3 Å². The molecule has 0 saturated carbocycles. The first-order valence-corrected chi connectivity index (χ1v) is 10.1. The first-order chi connectivity index (χ1) is 15.1. The fraction of sp³-hybridized carbons (Fsp3) is 0.333. The molecule has 0 aromatic carbocycles. The van der Waals surface area contributed by atoms with Crippen molar-refractivity contribution in [2.24, 2.45) is 0 Å². The Kier molecular flexibility index (Phi) is 9.21. The van der Waals surface area contributed by atoms with Gasteiger partial charge in [0.15, 0.2) is 5.82 Å². The second-order valence-corrected chi connectivity index (χ2v) is 5.88. The van der Waals surface area contributed by atoms with Gasteiger partial charge < -0.3 is 4.74 Å². The highest BCUT2D eigenvalue weighted by molar-refractivity contribution is 5.31. The second kappa shape index (κ2) is 12.1. The van der Waals surface area contributed by atoms with Crippen molar-refractivity contribution in [1.82, 2.24) is 40.0 Å². The van der Waals surface area contributed by atoms with Crippen molar-refractivity contribution in [3.05, 3.63) is 66.4 Å². The quantitative estimate of drug-likeness (QED) is 0.481. The zero-order chi connectivity index (χ0) is 22.6. The summed E-state index contributed by atoms with van der Waals surface area (Å²) in [6.45, 7) is 7.93. The van der Waals surface area contributed by atoms with Gasteiger partial charge in [-0.25, -0.2) is 13.8 Å². The number of nitrogens with zero attached hydrogens (tertiary/aromatic N) is 8. The Morgan fingerprint density at radius 2 is 1.71 bits per heavy atom. The van der Waals surface area contributed by atoms with Crippen LogP contribution < -0.4 is 4.74 Å². The molecule has 0 spiro atoms. The fourth-order valence-corrected chi connectivity index (χ4v) is 2.44. The van der Waals surface area contributed by atoms with Crippen LogP contribution in [0, 0.1) is 5.82 Å². The van der Waals surface area contributed by atoms with Gasteiger partial charge in [-0.05, 0) is 25.0 Å². The van der Waals surface area contributed by atoms with Gasteiger partial charge in [-0.2, -0.15) is 25.5 Å². The molecule has 164 valence electrons. The Bertz CT molecular complexity index is 1050. The molecule has 0 saturated heterocycles. The van der Waals surface area contributed by atoms with Crippen molar-refractivity contribution in [2.45, 2.75) is 40.5 Å². The molecule has 10 heteroatoms. The van der Waals surface area contributed by atoms with Crippen molar-refractivity contribution in [2.75, 3.05) is 7.11 Å². The maximum absolute atomic E-state index is 13.2. The summed E-state index contributed by atoms with van der Waals surface area (Å²) in [5, 5.41) is 23.4. The predicted octanol–water partition coefficient (Wildman–Crippen LogP) is 3.62. The van der Waals surface area contributed by atoms with Gasteiger partial charge in [0.25, 0.3) is 0 Å². The highest BCUT2D eigenvalue weighted by Gasteiger charge is 2.07. The lowest BCUT2D eigenvalue weighted by atomic mass is 10.3. The lowest BCUT2D eigenvalue weighted by Gasteiger charge is -2.01. The number of ether oxygens (including phenoxy) is 1. The van der Waals surface area contributed by atoms with Crippen molar-refractivity contribution in [3.8, 4) is 17.3 Å². The number of hydrogen-bond donors (Lipinski definition) is 0. The van der Waals surface area contributed by atoms with Gasteiger partial charge in [-0.1, -0.05) is 27.7 Å². The Morgan fingerprint density at radius 3 is 2.29 bits per heavy atom. The van der Waals surface area contributed by atoms with Crippen molar-refractivity contribution in [3.63, 3.8) is 0 Å². The molecule has 4 rings (SSSR count). The molecular formula is C21H27FN8O. The van der Waals surface area contributed by atoms with E-state index in [0.29, 0.717) is 23.7 Å². The molecule has 4 aromatic heterocycles. The van der Waals surface area contributed by atoms with E-state index >= 15 is 0 Å². The lowest BCUT2D eigenvalue weighted by molar-refractivity contribution is 0.391. The maximum Gasteiger partial charge on any atom is 0.235 e. The van der Waals surface area contributed by atoms with Crippen molar-refractivity contribution in [1.29, 1.82) is 0 Å². The van der Waals surface area contributed by atoms with Crippen LogP contribution >= 0.6 is 0 Å². The molecule has 0 atom stereocenters. The van der Waals surface area contributed by atoms with Crippen LogP contribution in [0.5, 0.6) is 5.88 Å². The molecule has 0 aliphatic rings.